The van der Waals surface area contributed by atoms with E-state index in [1.54, 1.807) is 19.2 Å². The molecule has 136 valence electrons. The maximum absolute atomic E-state index is 13.6. The molecule has 0 fully saturated rings. The Hall–Kier alpha value is -2.34. The fourth-order valence-electron chi connectivity index (χ4n) is 2.86. The average molecular weight is 345 g/mol. The van der Waals surface area contributed by atoms with Gasteiger partial charge in [0.15, 0.2) is 5.96 Å². The molecule has 25 heavy (non-hydrogen) atoms. The van der Waals surface area contributed by atoms with Crippen LogP contribution in [0.25, 0.3) is 0 Å². The van der Waals surface area contributed by atoms with E-state index in [4.69, 9.17) is 0 Å². The van der Waals surface area contributed by atoms with E-state index in [1.807, 2.05) is 46.5 Å². The lowest BCUT2D eigenvalue weighted by molar-refractivity contribution is 0.294. The molecule has 1 heterocycles. The molecule has 1 aromatic heterocycles. The van der Waals surface area contributed by atoms with Gasteiger partial charge in [-0.2, -0.15) is 0 Å². The Labute approximate surface area is 149 Å². The number of halogens is 1. The molecule has 1 N–H and O–H groups in total. The molecule has 0 aliphatic rings. The number of benzene rings is 1. The van der Waals surface area contributed by atoms with E-state index < -0.39 is 0 Å². The molecule has 0 amide bonds. The zero-order valence-corrected chi connectivity index (χ0v) is 15.7. The van der Waals surface area contributed by atoms with Gasteiger partial charge in [-0.15, -0.1) is 0 Å². The van der Waals surface area contributed by atoms with Crippen LogP contribution in [0.4, 0.5) is 4.39 Å². The second-order valence-electron chi connectivity index (χ2n) is 6.43. The predicted octanol–water partition coefficient (Wildman–Crippen LogP) is 2.47. The van der Waals surface area contributed by atoms with Crippen LogP contribution in [0.1, 0.15) is 17.3 Å². The van der Waals surface area contributed by atoms with Gasteiger partial charge < -0.3 is 19.7 Å². The molecule has 0 saturated heterocycles. The monoisotopic (exact) mass is 345 g/mol. The van der Waals surface area contributed by atoms with Gasteiger partial charge in [-0.05, 0) is 43.9 Å². The first kappa shape index (κ1) is 19.0. The molecule has 0 aliphatic carbocycles. The lowest BCUT2D eigenvalue weighted by atomic mass is 10.1. The summed E-state index contributed by atoms with van der Waals surface area (Å²) in [6, 6.07) is 10.9. The number of hydrogen-bond acceptors (Lipinski definition) is 2. The van der Waals surface area contributed by atoms with Crippen LogP contribution in [-0.2, 0) is 13.6 Å². The van der Waals surface area contributed by atoms with Crippen molar-refractivity contribution < 1.29 is 4.39 Å². The van der Waals surface area contributed by atoms with E-state index in [0.29, 0.717) is 6.54 Å². The van der Waals surface area contributed by atoms with Crippen LogP contribution in [-0.4, -0.2) is 55.1 Å². The van der Waals surface area contributed by atoms with Crippen LogP contribution in [0.5, 0.6) is 0 Å². The Morgan fingerprint density at radius 2 is 2.00 bits per heavy atom. The van der Waals surface area contributed by atoms with Crippen LogP contribution in [0.3, 0.4) is 0 Å². The highest BCUT2D eigenvalue weighted by Crippen LogP contribution is 2.18. The molecular weight excluding hydrogens is 317 g/mol. The first-order valence-electron chi connectivity index (χ1n) is 8.36. The SMILES string of the molecule is CN=C(NCC(c1cccc(F)c1)N(C)C)N(C)Cc1cccn1C. The van der Waals surface area contributed by atoms with Gasteiger partial charge in [0.05, 0.1) is 12.6 Å². The van der Waals surface area contributed by atoms with Crippen molar-refractivity contribution in [2.24, 2.45) is 12.0 Å². The highest BCUT2D eigenvalue weighted by Gasteiger charge is 2.16. The Morgan fingerprint density at radius 3 is 2.56 bits per heavy atom. The zero-order chi connectivity index (χ0) is 18.4. The van der Waals surface area contributed by atoms with E-state index in [-0.39, 0.29) is 11.9 Å². The Balaban J connectivity index is 2.03. The largest absolute Gasteiger partial charge is 0.354 e. The van der Waals surface area contributed by atoms with Crippen molar-refractivity contribution in [3.05, 3.63) is 59.7 Å². The van der Waals surface area contributed by atoms with Crippen molar-refractivity contribution in [3.63, 3.8) is 0 Å². The topological polar surface area (TPSA) is 35.8 Å². The molecule has 1 atom stereocenters. The Kier molecular flexibility index (Phi) is 6.58. The minimum Gasteiger partial charge on any atom is -0.354 e. The van der Waals surface area contributed by atoms with Crippen molar-refractivity contribution in [1.82, 2.24) is 19.7 Å². The van der Waals surface area contributed by atoms with Gasteiger partial charge in [0.2, 0.25) is 0 Å². The van der Waals surface area contributed by atoms with Crippen molar-refractivity contribution in [3.8, 4) is 0 Å². The van der Waals surface area contributed by atoms with E-state index in [2.05, 4.69) is 30.7 Å². The van der Waals surface area contributed by atoms with Crippen LogP contribution < -0.4 is 5.32 Å². The van der Waals surface area contributed by atoms with Crippen LogP contribution in [0.2, 0.25) is 0 Å². The summed E-state index contributed by atoms with van der Waals surface area (Å²) in [4.78, 5) is 8.52. The lowest BCUT2D eigenvalue weighted by Crippen LogP contribution is -2.42. The quantitative estimate of drug-likeness (QED) is 0.645. The summed E-state index contributed by atoms with van der Waals surface area (Å²) in [5.74, 6) is 0.596. The van der Waals surface area contributed by atoms with Crippen molar-refractivity contribution in [2.45, 2.75) is 12.6 Å². The molecule has 0 bridgehead atoms. The molecule has 2 rings (SSSR count). The normalized spacial score (nSPS) is 13.2. The minimum atomic E-state index is -0.213. The maximum atomic E-state index is 13.6. The first-order chi connectivity index (χ1) is 11.9. The van der Waals surface area contributed by atoms with E-state index >= 15 is 0 Å². The summed E-state index contributed by atoms with van der Waals surface area (Å²) >= 11 is 0. The fourth-order valence-corrected chi connectivity index (χ4v) is 2.86. The molecule has 1 aromatic carbocycles. The van der Waals surface area contributed by atoms with Gasteiger partial charge in [0.25, 0.3) is 0 Å². The lowest BCUT2D eigenvalue weighted by Gasteiger charge is -2.28. The standard InChI is InChI=1S/C19H28FN5/c1-21-19(25(5)14-17-10-7-11-24(17)4)22-13-18(23(2)3)15-8-6-9-16(20)12-15/h6-12,18H,13-14H2,1-5H3,(H,21,22). The van der Waals surface area contributed by atoms with Gasteiger partial charge in [0, 0.05) is 39.6 Å². The number of nitrogens with one attached hydrogen (secondary N) is 1. The van der Waals surface area contributed by atoms with Gasteiger partial charge in [-0.25, -0.2) is 4.39 Å². The van der Waals surface area contributed by atoms with Crippen LogP contribution >= 0.6 is 0 Å². The van der Waals surface area contributed by atoms with E-state index in [1.165, 1.54) is 11.8 Å². The number of aryl methyl sites for hydroxylation is 1. The Morgan fingerprint density at radius 1 is 1.24 bits per heavy atom. The number of aromatic nitrogens is 1. The van der Waals surface area contributed by atoms with Gasteiger partial charge in [-0.3, -0.25) is 4.99 Å². The fraction of sp³-hybridized carbons (Fsp3) is 0.421. The number of nitrogens with zero attached hydrogens (tertiary/aromatic N) is 4. The summed E-state index contributed by atoms with van der Waals surface area (Å²) in [6.45, 7) is 1.40. The van der Waals surface area contributed by atoms with E-state index in [0.717, 1.165) is 18.1 Å². The Bertz CT molecular complexity index is 707. The van der Waals surface area contributed by atoms with Crippen molar-refractivity contribution in [2.75, 3.05) is 34.7 Å². The average Bonchev–Trinajstić information content (AvgIpc) is 2.96. The van der Waals surface area contributed by atoms with Gasteiger partial charge in [0.1, 0.15) is 5.82 Å². The summed E-state index contributed by atoms with van der Waals surface area (Å²) in [5, 5.41) is 3.40. The van der Waals surface area contributed by atoms with Crippen LogP contribution in [0.15, 0.2) is 47.6 Å². The highest BCUT2D eigenvalue weighted by atomic mass is 19.1. The third-order valence-corrected chi connectivity index (χ3v) is 4.33. The molecule has 5 nitrogen and oxygen atoms in total. The number of guanidine groups is 1. The summed E-state index contributed by atoms with van der Waals surface area (Å²) in [6.07, 6.45) is 2.03. The third-order valence-electron chi connectivity index (χ3n) is 4.33. The molecule has 0 spiro atoms. The van der Waals surface area contributed by atoms with Gasteiger partial charge in [-0.1, -0.05) is 12.1 Å². The number of likely N-dealkylation sites (N-methyl/N-ethyl adjacent to an activating group) is 1. The highest BCUT2D eigenvalue weighted by molar-refractivity contribution is 5.79. The zero-order valence-electron chi connectivity index (χ0n) is 15.7. The second-order valence-corrected chi connectivity index (χ2v) is 6.43. The van der Waals surface area contributed by atoms with Crippen LogP contribution in [0, 0.1) is 5.82 Å². The minimum absolute atomic E-state index is 0.0517. The molecular formula is C19H28FN5. The maximum Gasteiger partial charge on any atom is 0.193 e. The third kappa shape index (κ3) is 5.06. The van der Waals surface area contributed by atoms with Gasteiger partial charge >= 0.3 is 0 Å². The summed E-state index contributed by atoms with van der Waals surface area (Å²) in [7, 11) is 9.80. The van der Waals surface area contributed by atoms with Crippen molar-refractivity contribution >= 4 is 5.96 Å². The molecule has 1 unspecified atom stereocenters. The first-order valence-corrected chi connectivity index (χ1v) is 8.36. The molecule has 0 aliphatic heterocycles. The molecule has 0 radical (unpaired) electrons. The second kappa shape index (κ2) is 8.67. The predicted molar refractivity (Wildman–Crippen MR) is 101 cm³/mol. The summed E-state index contributed by atoms with van der Waals surface area (Å²) < 4.78 is 15.7. The number of hydrogen-bond donors (Lipinski definition) is 1. The summed E-state index contributed by atoms with van der Waals surface area (Å²) in [5.41, 5.74) is 2.15. The van der Waals surface area contributed by atoms with Crippen molar-refractivity contribution in [1.29, 1.82) is 0 Å². The smallest absolute Gasteiger partial charge is 0.193 e. The molecule has 0 saturated carbocycles. The van der Waals surface area contributed by atoms with E-state index in [9.17, 15) is 4.39 Å². The number of rotatable bonds is 6. The molecule has 2 aromatic rings. The number of aliphatic imine (C=N–C) groups is 1. The molecule has 6 heteroatoms.